The van der Waals surface area contributed by atoms with Crippen LogP contribution in [-0.2, 0) is 27.9 Å². The van der Waals surface area contributed by atoms with Crippen LogP contribution in [0.25, 0.3) is 0 Å². The lowest BCUT2D eigenvalue weighted by Crippen LogP contribution is -2.47. The van der Waals surface area contributed by atoms with E-state index in [1.54, 1.807) is 0 Å². The fourth-order valence-corrected chi connectivity index (χ4v) is 10.9. The van der Waals surface area contributed by atoms with Gasteiger partial charge >= 0.3 is 13.8 Å². The van der Waals surface area contributed by atoms with Gasteiger partial charge in [0.2, 0.25) is 5.91 Å². The van der Waals surface area contributed by atoms with Gasteiger partial charge in [0, 0.05) is 12.8 Å². The van der Waals surface area contributed by atoms with E-state index >= 15 is 0 Å². The molecule has 0 spiro atoms. The number of hydrogen-bond acceptors (Lipinski definition) is 6. The molecule has 0 saturated carbocycles. The zero-order valence-electron chi connectivity index (χ0n) is 53.8. The van der Waals surface area contributed by atoms with Gasteiger partial charge in [-0.2, -0.15) is 0 Å². The maximum absolute atomic E-state index is 13.5. The summed E-state index contributed by atoms with van der Waals surface area (Å²) < 4.78 is 30.8. The van der Waals surface area contributed by atoms with Crippen LogP contribution in [0.1, 0.15) is 335 Å². The van der Waals surface area contributed by atoms with Gasteiger partial charge in [-0.15, -0.1) is 0 Å². The van der Waals surface area contributed by atoms with Crippen LogP contribution < -0.4 is 5.32 Å². The molecule has 80 heavy (non-hydrogen) atoms. The lowest BCUT2D eigenvalue weighted by atomic mass is 10.0. The number of ether oxygens (including phenoxy) is 1. The SMILES string of the molecule is CCCCC/C=C\C/C=C\CCCCCCCCCCCCCCCCCCCC(=O)OC(/C=C\CCCCCCCCCCCCC)C(COP(=O)(O)OCC[N+](C)(C)C)NC(=O)CCCCC/C=C\CCCCCCCCC. The van der Waals surface area contributed by atoms with E-state index in [2.05, 4.69) is 62.5 Å². The highest BCUT2D eigenvalue weighted by Gasteiger charge is 2.30. The third-order valence-corrected chi connectivity index (χ3v) is 16.5. The molecule has 0 fully saturated rings. The minimum absolute atomic E-state index is 0.0391. The van der Waals surface area contributed by atoms with Crippen molar-refractivity contribution in [2.24, 2.45) is 0 Å². The normalized spacial score (nSPS) is 13.8. The number of phosphoric acid groups is 1. The molecule has 1 amide bonds. The number of quaternary nitrogens is 1. The summed E-state index contributed by atoms with van der Waals surface area (Å²) in [5, 5.41) is 3.06. The van der Waals surface area contributed by atoms with Crippen LogP contribution in [0.5, 0.6) is 0 Å². The van der Waals surface area contributed by atoms with Crippen molar-refractivity contribution in [3.05, 3.63) is 48.6 Å². The molecule has 0 bridgehead atoms. The first-order valence-electron chi connectivity index (χ1n) is 34.5. The smallest absolute Gasteiger partial charge is 0.456 e. The van der Waals surface area contributed by atoms with Crippen LogP contribution in [-0.4, -0.2) is 74.3 Å². The second-order valence-electron chi connectivity index (χ2n) is 24.7. The number of allylic oxidation sites excluding steroid dienone is 7. The van der Waals surface area contributed by atoms with Crippen molar-refractivity contribution in [3.63, 3.8) is 0 Å². The number of phosphoric ester groups is 1. The number of esters is 1. The van der Waals surface area contributed by atoms with Gasteiger partial charge < -0.3 is 19.4 Å². The topological polar surface area (TPSA) is 111 Å². The van der Waals surface area contributed by atoms with Gasteiger partial charge in [0.1, 0.15) is 19.3 Å². The molecule has 2 N–H and O–H groups in total. The first-order valence-corrected chi connectivity index (χ1v) is 36.0. The highest BCUT2D eigenvalue weighted by Crippen LogP contribution is 2.43. The van der Waals surface area contributed by atoms with E-state index < -0.39 is 20.0 Å². The molecule has 9 nitrogen and oxygen atoms in total. The van der Waals surface area contributed by atoms with Gasteiger partial charge in [0.05, 0.1) is 33.8 Å². The fraction of sp³-hybridized carbons (Fsp3) is 0.857. The van der Waals surface area contributed by atoms with Crippen LogP contribution in [0.15, 0.2) is 48.6 Å². The predicted molar refractivity (Wildman–Crippen MR) is 346 cm³/mol. The summed E-state index contributed by atoms with van der Waals surface area (Å²) in [5.74, 6) is -0.509. The van der Waals surface area contributed by atoms with Gasteiger partial charge in [-0.05, 0) is 89.5 Å². The molecule has 470 valence electrons. The van der Waals surface area contributed by atoms with E-state index in [0.29, 0.717) is 23.9 Å². The lowest BCUT2D eigenvalue weighted by Gasteiger charge is -2.27. The van der Waals surface area contributed by atoms with Crippen molar-refractivity contribution in [2.45, 2.75) is 348 Å². The minimum Gasteiger partial charge on any atom is -0.456 e. The number of nitrogens with one attached hydrogen (secondary N) is 1. The maximum atomic E-state index is 13.5. The minimum atomic E-state index is -4.45. The van der Waals surface area contributed by atoms with Crippen LogP contribution >= 0.6 is 7.82 Å². The molecule has 10 heteroatoms. The van der Waals surface area contributed by atoms with Gasteiger partial charge in [0.25, 0.3) is 0 Å². The van der Waals surface area contributed by atoms with Gasteiger partial charge in [-0.3, -0.25) is 18.6 Å². The third-order valence-electron chi connectivity index (χ3n) is 15.5. The number of rotatable bonds is 63. The molecule has 0 aliphatic heterocycles. The number of carbonyl (C=O) groups excluding carboxylic acids is 2. The van der Waals surface area contributed by atoms with Gasteiger partial charge in [0.15, 0.2) is 0 Å². The number of amides is 1. The summed E-state index contributed by atoms with van der Waals surface area (Å²) >= 11 is 0. The highest BCUT2D eigenvalue weighted by atomic mass is 31.2. The van der Waals surface area contributed by atoms with Gasteiger partial charge in [-0.25, -0.2) is 4.57 Å². The zero-order chi connectivity index (χ0) is 58.6. The molecule has 0 aliphatic rings. The molecular weight excluding hydrogens is 1010 g/mol. The maximum Gasteiger partial charge on any atom is 0.472 e. The Bertz CT molecular complexity index is 1510. The van der Waals surface area contributed by atoms with Gasteiger partial charge in [-0.1, -0.05) is 282 Å². The number of hydrogen-bond donors (Lipinski definition) is 2. The molecule has 0 aromatic rings. The van der Waals surface area contributed by atoms with E-state index in [1.807, 2.05) is 33.3 Å². The molecule has 0 aromatic heterocycles. The Kier molecular flexibility index (Phi) is 58.6. The van der Waals surface area contributed by atoms with Crippen molar-refractivity contribution < 1.29 is 37.3 Å². The van der Waals surface area contributed by atoms with Crippen molar-refractivity contribution in [2.75, 3.05) is 40.9 Å². The summed E-state index contributed by atoms with van der Waals surface area (Å²) in [7, 11) is 1.50. The lowest BCUT2D eigenvalue weighted by molar-refractivity contribution is -0.870. The zero-order valence-corrected chi connectivity index (χ0v) is 54.7. The van der Waals surface area contributed by atoms with E-state index in [4.69, 9.17) is 13.8 Å². The largest absolute Gasteiger partial charge is 0.472 e. The Morgan fingerprint density at radius 3 is 1.18 bits per heavy atom. The molecule has 0 rings (SSSR count). The highest BCUT2D eigenvalue weighted by molar-refractivity contribution is 7.47. The van der Waals surface area contributed by atoms with E-state index in [-0.39, 0.29) is 25.1 Å². The Balaban J connectivity index is 5.02. The number of carbonyl (C=O) groups is 2. The van der Waals surface area contributed by atoms with Crippen LogP contribution in [0.4, 0.5) is 0 Å². The molecule has 3 unspecified atom stereocenters. The molecule has 0 saturated heterocycles. The second kappa shape index (κ2) is 60.1. The van der Waals surface area contributed by atoms with Crippen LogP contribution in [0, 0.1) is 0 Å². The Labute approximate surface area is 497 Å². The number of likely N-dealkylation sites (N-methyl/N-ethyl adjacent to an activating group) is 1. The van der Waals surface area contributed by atoms with E-state index in [9.17, 15) is 19.0 Å². The Morgan fingerprint density at radius 1 is 0.438 bits per heavy atom. The van der Waals surface area contributed by atoms with Crippen molar-refractivity contribution in [1.29, 1.82) is 0 Å². The number of nitrogens with zero attached hydrogens (tertiary/aromatic N) is 1. The summed E-state index contributed by atoms with van der Waals surface area (Å²) in [5.41, 5.74) is 0. The summed E-state index contributed by atoms with van der Waals surface area (Å²) in [6, 6.07) is -0.854. The average molecular weight is 1150 g/mol. The van der Waals surface area contributed by atoms with E-state index in [1.165, 1.54) is 225 Å². The Hall–Kier alpha value is -2.03. The van der Waals surface area contributed by atoms with E-state index in [0.717, 1.165) is 77.0 Å². The summed E-state index contributed by atoms with van der Waals surface area (Å²) in [6.45, 7) is 7.01. The quantitative estimate of drug-likeness (QED) is 0.0205. The summed E-state index contributed by atoms with van der Waals surface area (Å²) in [6.07, 6.45) is 75.5. The fourth-order valence-electron chi connectivity index (χ4n) is 10.1. The van der Waals surface area contributed by atoms with Crippen molar-refractivity contribution in [1.82, 2.24) is 5.32 Å². The second-order valence-corrected chi connectivity index (χ2v) is 26.1. The average Bonchev–Trinajstić information content (AvgIpc) is 3.42. The molecule has 0 aromatic carbocycles. The first-order chi connectivity index (χ1) is 38.9. The van der Waals surface area contributed by atoms with Crippen LogP contribution in [0.3, 0.4) is 0 Å². The number of unbranched alkanes of at least 4 members (excludes halogenated alkanes) is 41. The standard InChI is InChI=1S/C70H133N2O7P/c1-7-10-13-16-19-22-25-28-30-31-32-33-34-35-36-37-38-39-40-41-42-45-48-51-54-57-60-63-70(74)79-68(61-58-55-52-49-46-43-27-24-21-18-15-12-9-3)67(66-78-80(75,76)77-65-64-72(4,5)6)71-69(73)62-59-56-53-50-47-44-29-26-23-20-17-14-11-8-2/h19,22,28,30,44,47,58,61,67-68H,7-18,20-21,23-27,29,31-43,45-46,48-57,59-60,62-66H2,1-6H3,(H-,71,73,75,76)/p+1/b22-19-,30-28-,47-44-,61-58-. The first kappa shape index (κ1) is 78.0. The van der Waals surface area contributed by atoms with Crippen LogP contribution in [0.2, 0.25) is 0 Å². The molecular formula is C70H134N2O7P+. The molecule has 0 heterocycles. The molecule has 3 atom stereocenters. The summed E-state index contributed by atoms with van der Waals surface area (Å²) in [4.78, 5) is 37.8. The Morgan fingerprint density at radius 2 is 0.762 bits per heavy atom. The monoisotopic (exact) mass is 1150 g/mol. The molecule has 0 radical (unpaired) electrons. The molecule has 0 aliphatic carbocycles. The van der Waals surface area contributed by atoms with Crippen molar-refractivity contribution in [3.8, 4) is 0 Å². The van der Waals surface area contributed by atoms with Crippen molar-refractivity contribution >= 4 is 19.7 Å². The predicted octanol–water partition coefficient (Wildman–Crippen LogP) is 21.6. The third kappa shape index (κ3) is 60.6.